The van der Waals surface area contributed by atoms with E-state index in [1.807, 2.05) is 18.2 Å². The van der Waals surface area contributed by atoms with Crippen LogP contribution in [0.15, 0.2) is 18.2 Å². The Morgan fingerprint density at radius 1 is 1.53 bits per heavy atom. The summed E-state index contributed by atoms with van der Waals surface area (Å²) >= 11 is 0. The molecule has 0 spiro atoms. The predicted molar refractivity (Wildman–Crippen MR) is 59.8 cm³/mol. The number of aryl methyl sites for hydroxylation is 1. The van der Waals surface area contributed by atoms with Crippen LogP contribution in [0.5, 0.6) is 5.75 Å². The molecule has 1 aromatic carbocycles. The van der Waals surface area contributed by atoms with Crippen LogP contribution in [0.2, 0.25) is 0 Å². The Balaban J connectivity index is 3.17. The van der Waals surface area contributed by atoms with Gasteiger partial charge in [0.2, 0.25) is 0 Å². The Kier molecular flexibility index (Phi) is 4.14. The lowest BCUT2D eigenvalue weighted by Crippen LogP contribution is -2.15. The van der Waals surface area contributed by atoms with Crippen LogP contribution in [0.25, 0.3) is 0 Å². The van der Waals surface area contributed by atoms with E-state index in [2.05, 4.69) is 18.3 Å². The maximum atomic E-state index is 8.99. The van der Waals surface area contributed by atoms with E-state index in [0.29, 0.717) is 0 Å². The van der Waals surface area contributed by atoms with Crippen molar-refractivity contribution in [3.63, 3.8) is 0 Å². The molecule has 1 rings (SSSR count). The van der Waals surface area contributed by atoms with Gasteiger partial charge in [0.05, 0.1) is 13.2 Å². The number of methoxy groups -OCH3 is 1. The van der Waals surface area contributed by atoms with Crippen LogP contribution < -0.4 is 10.1 Å². The van der Waals surface area contributed by atoms with E-state index in [9.17, 15) is 0 Å². The van der Waals surface area contributed by atoms with Gasteiger partial charge in [0.25, 0.3) is 0 Å². The summed E-state index contributed by atoms with van der Waals surface area (Å²) < 4.78 is 5.24. The fraction of sp³-hybridized carbons (Fsp3) is 0.417. The first-order chi connectivity index (χ1) is 7.26. The highest BCUT2D eigenvalue weighted by atomic mass is 16.5. The highest BCUT2D eigenvalue weighted by molar-refractivity contribution is 5.41. The second-order valence-corrected chi connectivity index (χ2v) is 3.28. The number of rotatable bonds is 4. The Labute approximate surface area is 90.7 Å². The molecule has 0 fully saturated rings. The van der Waals surface area contributed by atoms with Crippen molar-refractivity contribution < 1.29 is 4.74 Å². The molecule has 1 aromatic rings. The molecular formula is C12H16N2O. The van der Waals surface area contributed by atoms with Gasteiger partial charge in [0.15, 0.2) is 0 Å². The summed E-state index contributed by atoms with van der Waals surface area (Å²) in [6, 6.07) is 7.84. The van der Waals surface area contributed by atoms with E-state index >= 15 is 0 Å². The number of nitriles is 1. The molecule has 1 atom stereocenters. The first-order valence-corrected chi connectivity index (χ1v) is 5.00. The number of hydrogen-bond donors (Lipinski definition) is 1. The molecular weight excluding hydrogens is 188 g/mol. The van der Waals surface area contributed by atoms with Gasteiger partial charge in [-0.1, -0.05) is 13.0 Å². The van der Waals surface area contributed by atoms with Crippen molar-refractivity contribution in [2.45, 2.75) is 19.4 Å². The Morgan fingerprint density at radius 3 is 2.73 bits per heavy atom. The smallest absolute Gasteiger partial charge is 0.124 e. The van der Waals surface area contributed by atoms with Crippen molar-refractivity contribution >= 4 is 0 Å². The van der Waals surface area contributed by atoms with Gasteiger partial charge in [-0.05, 0) is 31.2 Å². The zero-order valence-electron chi connectivity index (χ0n) is 9.37. The van der Waals surface area contributed by atoms with Crippen molar-refractivity contribution in [2.24, 2.45) is 0 Å². The van der Waals surface area contributed by atoms with Crippen molar-refractivity contribution in [3.05, 3.63) is 29.3 Å². The molecule has 0 saturated heterocycles. The van der Waals surface area contributed by atoms with Gasteiger partial charge in [-0.2, -0.15) is 5.26 Å². The van der Waals surface area contributed by atoms with Crippen LogP contribution >= 0.6 is 0 Å². The van der Waals surface area contributed by atoms with Crippen LogP contribution in [-0.2, 0) is 6.42 Å². The highest BCUT2D eigenvalue weighted by Crippen LogP contribution is 2.26. The Morgan fingerprint density at radius 2 is 2.27 bits per heavy atom. The first kappa shape index (κ1) is 11.5. The topological polar surface area (TPSA) is 45.0 Å². The maximum Gasteiger partial charge on any atom is 0.124 e. The number of hydrogen-bond acceptors (Lipinski definition) is 3. The van der Waals surface area contributed by atoms with Crippen LogP contribution in [0.1, 0.15) is 24.1 Å². The van der Waals surface area contributed by atoms with Gasteiger partial charge in [0.1, 0.15) is 11.8 Å². The third-order valence-corrected chi connectivity index (χ3v) is 2.43. The van der Waals surface area contributed by atoms with Crippen molar-refractivity contribution in [2.75, 3.05) is 14.2 Å². The Hall–Kier alpha value is -1.53. The van der Waals surface area contributed by atoms with Gasteiger partial charge < -0.3 is 10.1 Å². The molecule has 0 amide bonds. The standard InChI is InChI=1S/C12H16N2O/c1-4-9-5-6-12(15-3)10(7-9)11(8-13)14-2/h5-7,11,14H,4H2,1-3H3. The molecule has 0 aliphatic rings. The average Bonchev–Trinajstić information content (AvgIpc) is 2.30. The second-order valence-electron chi connectivity index (χ2n) is 3.28. The summed E-state index contributed by atoms with van der Waals surface area (Å²) in [6.45, 7) is 2.09. The zero-order chi connectivity index (χ0) is 11.3. The lowest BCUT2D eigenvalue weighted by molar-refractivity contribution is 0.406. The largest absolute Gasteiger partial charge is 0.496 e. The summed E-state index contributed by atoms with van der Waals surface area (Å²) in [6.07, 6.45) is 0.957. The zero-order valence-corrected chi connectivity index (χ0v) is 9.37. The molecule has 3 nitrogen and oxygen atoms in total. The van der Waals surface area contributed by atoms with Crippen molar-refractivity contribution in [1.82, 2.24) is 5.32 Å². The van der Waals surface area contributed by atoms with E-state index in [-0.39, 0.29) is 6.04 Å². The summed E-state index contributed by atoms with van der Waals surface area (Å²) in [4.78, 5) is 0. The molecule has 0 aliphatic heterocycles. The fourth-order valence-electron chi connectivity index (χ4n) is 1.52. The van der Waals surface area contributed by atoms with Crippen molar-refractivity contribution in [3.8, 4) is 11.8 Å². The number of nitrogens with zero attached hydrogens (tertiary/aromatic N) is 1. The van der Waals surface area contributed by atoms with Gasteiger partial charge in [-0.3, -0.25) is 0 Å². The number of nitrogens with one attached hydrogen (secondary N) is 1. The lowest BCUT2D eigenvalue weighted by Gasteiger charge is -2.14. The molecule has 1 unspecified atom stereocenters. The minimum atomic E-state index is -0.313. The SMILES string of the molecule is CCc1ccc(OC)c(C(C#N)NC)c1. The average molecular weight is 204 g/mol. The normalized spacial score (nSPS) is 11.9. The molecule has 0 aliphatic carbocycles. The molecule has 0 heterocycles. The van der Waals surface area contributed by atoms with E-state index < -0.39 is 0 Å². The Bertz CT molecular complexity index is 368. The second kappa shape index (κ2) is 5.38. The van der Waals surface area contributed by atoms with Crippen LogP contribution in [0.3, 0.4) is 0 Å². The third kappa shape index (κ3) is 2.48. The minimum absolute atomic E-state index is 0.313. The minimum Gasteiger partial charge on any atom is -0.496 e. The molecule has 80 valence electrons. The van der Waals surface area contributed by atoms with Crippen LogP contribution in [-0.4, -0.2) is 14.2 Å². The molecule has 0 saturated carbocycles. The van der Waals surface area contributed by atoms with Gasteiger partial charge in [0, 0.05) is 5.56 Å². The maximum absolute atomic E-state index is 8.99. The third-order valence-electron chi connectivity index (χ3n) is 2.43. The van der Waals surface area contributed by atoms with E-state index in [0.717, 1.165) is 17.7 Å². The lowest BCUT2D eigenvalue weighted by atomic mass is 10.0. The van der Waals surface area contributed by atoms with Gasteiger partial charge in [-0.25, -0.2) is 0 Å². The molecule has 0 aromatic heterocycles. The van der Waals surface area contributed by atoms with E-state index in [1.165, 1.54) is 5.56 Å². The molecule has 1 N–H and O–H groups in total. The summed E-state index contributed by atoms with van der Waals surface area (Å²) in [5.41, 5.74) is 2.11. The van der Waals surface area contributed by atoms with Gasteiger partial charge >= 0.3 is 0 Å². The quantitative estimate of drug-likeness (QED) is 0.816. The van der Waals surface area contributed by atoms with Crippen molar-refractivity contribution in [1.29, 1.82) is 5.26 Å². The summed E-state index contributed by atoms with van der Waals surface area (Å²) in [7, 11) is 3.39. The monoisotopic (exact) mass is 204 g/mol. The first-order valence-electron chi connectivity index (χ1n) is 5.00. The van der Waals surface area contributed by atoms with E-state index in [1.54, 1.807) is 14.2 Å². The molecule has 0 bridgehead atoms. The molecule has 15 heavy (non-hydrogen) atoms. The number of ether oxygens (including phenoxy) is 1. The van der Waals surface area contributed by atoms with Crippen LogP contribution in [0, 0.1) is 11.3 Å². The summed E-state index contributed by atoms with van der Waals surface area (Å²) in [5, 5.41) is 11.9. The molecule has 0 radical (unpaired) electrons. The van der Waals surface area contributed by atoms with Crippen LogP contribution in [0.4, 0.5) is 0 Å². The predicted octanol–water partition coefficient (Wildman–Crippen LogP) is 2.04. The van der Waals surface area contributed by atoms with E-state index in [4.69, 9.17) is 10.00 Å². The fourth-order valence-corrected chi connectivity index (χ4v) is 1.52. The number of benzene rings is 1. The van der Waals surface area contributed by atoms with Gasteiger partial charge in [-0.15, -0.1) is 0 Å². The summed E-state index contributed by atoms with van der Waals surface area (Å²) in [5.74, 6) is 0.758. The highest BCUT2D eigenvalue weighted by Gasteiger charge is 2.13. The molecule has 3 heteroatoms.